The number of rotatable bonds is 1. The van der Waals surface area contributed by atoms with Crippen molar-refractivity contribution < 1.29 is 17.8 Å². The van der Waals surface area contributed by atoms with E-state index in [-0.39, 0.29) is 4.70 Å². The van der Waals surface area contributed by atoms with E-state index in [1.165, 1.54) is 0 Å². The summed E-state index contributed by atoms with van der Waals surface area (Å²) in [6, 6.07) is 0. The maximum atomic E-state index is 10.4. The third-order valence-electron chi connectivity index (χ3n) is 0.0673. The molecule has 0 aromatic heterocycles. The van der Waals surface area contributed by atoms with Crippen molar-refractivity contribution in [2.75, 3.05) is 0 Å². The summed E-state index contributed by atoms with van der Waals surface area (Å²) < 4.78 is 23.7. The number of hydrogen-bond donors (Lipinski definition) is 0. The summed E-state index contributed by atoms with van der Waals surface area (Å²) in [6.45, 7) is -2.85. The predicted molar refractivity (Wildman–Crippen MR) is 15.4 cm³/mol. The Hall–Kier alpha value is 0.0400. The van der Waals surface area contributed by atoms with Gasteiger partial charge in [0, 0.05) is 0 Å². The minimum atomic E-state index is -2.85. The lowest BCUT2D eigenvalue weighted by Crippen LogP contribution is -1.83. The van der Waals surface area contributed by atoms with Crippen LogP contribution in [0.25, 0.3) is 0 Å². The highest BCUT2D eigenvalue weighted by atomic mass is 35.5. The van der Waals surface area contributed by atoms with E-state index in [0.717, 1.165) is 0 Å². The molecular weight excluding hydrogens is 120 g/mol. The fourth-order valence-electron chi connectivity index (χ4n) is 0. The van der Waals surface area contributed by atoms with Gasteiger partial charge in [-0.3, -0.25) is 4.70 Å². The average Bonchev–Trinajstić information content (AvgIpc) is 1.38. The first kappa shape index (κ1) is 9.40. The van der Waals surface area contributed by atoms with Crippen LogP contribution in [0.4, 0.5) is 13.5 Å². The van der Waals surface area contributed by atoms with Crippen LogP contribution in [-0.2, 0) is 4.29 Å². The van der Waals surface area contributed by atoms with Crippen LogP contribution >= 0.6 is 11.9 Å². The summed E-state index contributed by atoms with van der Waals surface area (Å²) >= 11 is 4.09. The van der Waals surface area contributed by atoms with Crippen molar-refractivity contribution in [3.05, 3.63) is 0 Å². The van der Waals surface area contributed by atoms with Gasteiger partial charge in [-0.05, 0) is 0 Å². The van der Waals surface area contributed by atoms with Gasteiger partial charge in [0.2, 0.25) is 0 Å². The Balaban J connectivity index is 0. The van der Waals surface area contributed by atoms with Crippen molar-refractivity contribution in [2.24, 2.45) is 0 Å². The normalized spacial score (nSPS) is 8.00. The first-order valence-corrected chi connectivity index (χ1v) is 1.14. The molecule has 0 amide bonds. The molecule has 0 aromatic rings. The largest absolute Gasteiger partial charge is 0.360 e. The van der Waals surface area contributed by atoms with Crippen LogP contribution in [0.1, 0.15) is 0 Å². The minimum absolute atomic E-state index is 0. The van der Waals surface area contributed by atoms with Crippen LogP contribution < -0.4 is 0 Å². The van der Waals surface area contributed by atoms with E-state index in [1.54, 1.807) is 0 Å². The van der Waals surface area contributed by atoms with Crippen molar-refractivity contribution in [1.29, 1.82) is 0 Å². The molecule has 5 heteroatoms. The molecule has 0 aliphatic carbocycles. The van der Waals surface area contributed by atoms with Gasteiger partial charge in [-0.2, -0.15) is 8.78 Å². The van der Waals surface area contributed by atoms with Gasteiger partial charge >= 0.3 is 6.61 Å². The molecular formula is CH2ClF3O. The summed E-state index contributed by atoms with van der Waals surface area (Å²) in [5, 5.41) is 0. The predicted octanol–water partition coefficient (Wildman–Crippen LogP) is 1.53. The van der Waals surface area contributed by atoms with E-state index in [4.69, 9.17) is 0 Å². The van der Waals surface area contributed by atoms with E-state index >= 15 is 0 Å². The van der Waals surface area contributed by atoms with Gasteiger partial charge in [0.05, 0.1) is 11.9 Å². The van der Waals surface area contributed by atoms with E-state index < -0.39 is 6.61 Å². The van der Waals surface area contributed by atoms with Crippen LogP contribution in [0.5, 0.6) is 0 Å². The van der Waals surface area contributed by atoms with Crippen LogP contribution in [0.15, 0.2) is 0 Å². The lowest BCUT2D eigenvalue weighted by molar-refractivity contribution is -0.0436. The second-order valence-corrected chi connectivity index (χ2v) is 0.528. The molecule has 0 bridgehead atoms. The molecule has 40 valence electrons. The zero-order valence-corrected chi connectivity index (χ0v) is 3.28. The molecule has 0 fully saturated rings. The maximum Gasteiger partial charge on any atom is 0.360 e. The second-order valence-electron chi connectivity index (χ2n) is 0.350. The van der Waals surface area contributed by atoms with Gasteiger partial charge < -0.3 is 0 Å². The summed E-state index contributed by atoms with van der Waals surface area (Å²) in [6.07, 6.45) is 0. The van der Waals surface area contributed by atoms with Gasteiger partial charge in [-0.1, -0.05) is 0 Å². The van der Waals surface area contributed by atoms with Crippen molar-refractivity contribution in [1.82, 2.24) is 0 Å². The maximum absolute atomic E-state index is 10.4. The van der Waals surface area contributed by atoms with Crippen molar-refractivity contribution in [3.8, 4) is 0 Å². The van der Waals surface area contributed by atoms with Crippen LogP contribution in [0.3, 0.4) is 0 Å². The van der Waals surface area contributed by atoms with Crippen molar-refractivity contribution in [3.63, 3.8) is 0 Å². The number of halogens is 4. The zero-order valence-electron chi connectivity index (χ0n) is 2.53. The Morgan fingerprint density at radius 1 is 1.50 bits per heavy atom. The van der Waals surface area contributed by atoms with Crippen molar-refractivity contribution >= 4 is 11.9 Å². The topological polar surface area (TPSA) is 9.23 Å². The number of alkyl halides is 2. The molecule has 6 heavy (non-hydrogen) atoms. The summed E-state index contributed by atoms with van der Waals surface area (Å²) in [5.74, 6) is 0. The molecule has 0 aliphatic heterocycles. The Kier molecular flexibility index (Phi) is 7.90. The van der Waals surface area contributed by atoms with Gasteiger partial charge in [-0.15, -0.1) is 0 Å². The number of hydrogen-bond acceptors (Lipinski definition) is 1. The third-order valence-corrected chi connectivity index (χ3v) is 0.202. The Labute approximate surface area is 37.4 Å². The standard InChI is InChI=1S/CHClF2O.FH/c2-5-1(3)4;/h1H;1H. The Morgan fingerprint density at radius 2 is 1.67 bits per heavy atom. The molecule has 0 saturated carbocycles. The molecule has 0 heterocycles. The van der Waals surface area contributed by atoms with Gasteiger partial charge in [0.15, 0.2) is 0 Å². The summed E-state index contributed by atoms with van der Waals surface area (Å²) in [4.78, 5) is 0. The van der Waals surface area contributed by atoms with E-state index in [1.807, 2.05) is 0 Å². The van der Waals surface area contributed by atoms with Crippen molar-refractivity contribution in [2.45, 2.75) is 6.61 Å². The highest BCUT2D eigenvalue weighted by molar-refractivity contribution is 6.07. The summed E-state index contributed by atoms with van der Waals surface area (Å²) in [7, 11) is 0. The second kappa shape index (κ2) is 5.04. The Bertz CT molecular complexity index is 24.8. The summed E-state index contributed by atoms with van der Waals surface area (Å²) in [5.41, 5.74) is 0. The molecule has 0 atom stereocenters. The average molecular weight is 122 g/mol. The van der Waals surface area contributed by atoms with E-state index in [2.05, 4.69) is 16.2 Å². The highest BCUT2D eigenvalue weighted by Gasteiger charge is 1.93. The highest BCUT2D eigenvalue weighted by Crippen LogP contribution is 1.94. The quantitative estimate of drug-likeness (QED) is 0.513. The van der Waals surface area contributed by atoms with E-state index in [0.29, 0.717) is 0 Å². The lowest BCUT2D eigenvalue weighted by atomic mass is 11.5. The van der Waals surface area contributed by atoms with Gasteiger partial charge in [0.25, 0.3) is 0 Å². The van der Waals surface area contributed by atoms with Gasteiger partial charge in [0.1, 0.15) is 0 Å². The Morgan fingerprint density at radius 3 is 1.67 bits per heavy atom. The molecule has 0 saturated heterocycles. The molecule has 0 aromatic carbocycles. The lowest BCUT2D eigenvalue weighted by Gasteiger charge is -1.81. The van der Waals surface area contributed by atoms with Crippen LogP contribution in [0.2, 0.25) is 0 Å². The molecule has 1 nitrogen and oxygen atoms in total. The van der Waals surface area contributed by atoms with Gasteiger partial charge in [-0.25, -0.2) is 4.29 Å². The minimum Gasteiger partial charge on any atom is -0.269 e. The molecule has 0 unspecified atom stereocenters. The van der Waals surface area contributed by atoms with Crippen LogP contribution in [-0.4, -0.2) is 6.61 Å². The molecule has 0 N–H and O–H groups in total. The first-order valence-electron chi connectivity index (χ1n) is 0.826. The first-order chi connectivity index (χ1) is 2.27. The third kappa shape index (κ3) is 8.97. The zero-order chi connectivity index (χ0) is 4.28. The fraction of sp³-hybridized carbons (Fsp3) is 1.00. The van der Waals surface area contributed by atoms with E-state index in [9.17, 15) is 8.78 Å². The molecule has 0 aliphatic rings. The SMILES string of the molecule is F.FC(F)OCl. The fourth-order valence-corrected chi connectivity index (χ4v) is 0. The molecule has 0 radical (unpaired) electrons. The molecule has 0 rings (SSSR count). The van der Waals surface area contributed by atoms with Crippen LogP contribution in [0, 0.1) is 0 Å². The molecule has 0 spiro atoms. The smallest absolute Gasteiger partial charge is 0.269 e. The monoisotopic (exact) mass is 122 g/mol.